The van der Waals surface area contributed by atoms with Gasteiger partial charge in [0.15, 0.2) is 0 Å². The first-order chi connectivity index (χ1) is 61.4. The van der Waals surface area contributed by atoms with E-state index in [-0.39, 0.29) is 81.1 Å². The number of aromatic hydroxyl groups is 3. The van der Waals surface area contributed by atoms with Crippen molar-refractivity contribution in [1.82, 2.24) is 77.3 Å². The molecule has 0 spiro atoms. The minimum absolute atomic E-state index is 0.0531. The maximum atomic E-state index is 15.5. The molecule has 7 aromatic rings. The molecule has 0 bridgehead atoms. The van der Waals surface area contributed by atoms with E-state index in [1.807, 2.05) is 6.92 Å². The van der Waals surface area contributed by atoms with E-state index in [2.05, 4.69) is 52.8 Å². The molecule has 36 heteroatoms. The van der Waals surface area contributed by atoms with Crippen molar-refractivity contribution in [2.45, 2.75) is 172 Å². The fraction of sp³-hybridized carbons (Fsp3) is 0.430. The first kappa shape index (κ1) is 101. The zero-order valence-electron chi connectivity index (χ0n) is 74.2. The molecule has 129 heavy (non-hydrogen) atoms. The zero-order valence-corrected chi connectivity index (χ0v) is 75.1. The van der Waals surface area contributed by atoms with E-state index in [0.29, 0.717) is 57.1 Å². The lowest BCUT2D eigenvalue weighted by molar-refractivity contribution is -0.151. The summed E-state index contributed by atoms with van der Waals surface area (Å²) in [5.41, 5.74) is 9.10. The number of hydrogen-bond donors (Lipinski definition) is 15. The van der Waals surface area contributed by atoms with Gasteiger partial charge in [0.2, 0.25) is 82.7 Å². The largest absolute Gasteiger partial charge is 0.508 e. The lowest BCUT2D eigenvalue weighted by Crippen LogP contribution is -2.60. The second kappa shape index (κ2) is 49.1. The molecule has 2 heterocycles. The Labute approximate surface area is 753 Å². The van der Waals surface area contributed by atoms with Crippen LogP contribution in [-0.4, -0.2) is 278 Å². The molecule has 0 aliphatic carbocycles. The number of aliphatic carboxylic acids is 1. The lowest BCUT2D eigenvalue weighted by atomic mass is 9.98. The Morgan fingerprint density at radius 2 is 0.938 bits per heavy atom. The van der Waals surface area contributed by atoms with E-state index < -0.39 is 199 Å². The molecule has 1 aliphatic rings. The van der Waals surface area contributed by atoms with Gasteiger partial charge in [-0.2, -0.15) is 0 Å². The standard InChI is InChI=1S/C93H120N16O19S/c1-11-12-27-75-91(126)106(7)51-79(114)98-63(47-82(117)118)49-96-83(56(4)5)93(128)108(9)76(44-58-23-17-14-18-24-58)88(123)103-72(43-60-30-36-65(111)37-31-60)89(124)105(6)52-80(115)99-71(46-62-48-95-68-26-20-19-25-67(62)68)87(122)102-70(41-59-28-34-64(110)35-29-59)86(121)101-69(40-55(2)3)85(120)104-74(84(119)97-50-78(94)113)53-129-54-81(116)100-73(42-57-21-15-13-16-22-57)90(125)109(10)77(92(127)107(75)8)45-61-32-38-66(112)39-33-61/h13-26,28-39,48,55-56,63,69-77,83,95-96,110-112H,11-12,27,40-47,49-54H2,1-10H3,(H2,94,113)(H,97,119)(H,98,114)(H,99,115)(H,100,116)(H,101,121)(H,102,122)(H,103,123)(H,104,120)(H,117,118)/t63-,69-,70-,71-,72-,73-,74-,75-,76-,77-,83-/m0/s1. The number of carboxylic acid groups (broad SMARTS) is 1. The number of likely N-dealkylation sites (N-methyl/N-ethyl adjacent to an activating group) is 5. The summed E-state index contributed by atoms with van der Waals surface area (Å²) in [6.45, 7) is 6.27. The summed E-state index contributed by atoms with van der Waals surface area (Å²) < 4.78 is 0. The first-order valence-corrected chi connectivity index (χ1v) is 44.0. The number of carbonyl (C=O) groups is 15. The van der Waals surface area contributed by atoms with Crippen LogP contribution in [0.1, 0.15) is 100 Å². The number of H-pyrrole nitrogens is 1. The molecule has 0 radical (unpaired) electrons. The number of nitrogens with zero attached hydrogens (tertiary/aromatic N) is 5. The Bertz CT molecular complexity index is 5030. The van der Waals surface area contributed by atoms with Crippen molar-refractivity contribution in [1.29, 1.82) is 0 Å². The first-order valence-electron chi connectivity index (χ1n) is 42.8. The van der Waals surface area contributed by atoms with Crippen molar-refractivity contribution in [3.63, 3.8) is 0 Å². The summed E-state index contributed by atoms with van der Waals surface area (Å²) in [6.07, 6.45) is 0.561. The second-order valence-electron chi connectivity index (χ2n) is 33.3. The maximum absolute atomic E-state index is 15.5. The van der Waals surface area contributed by atoms with Crippen LogP contribution < -0.4 is 53.6 Å². The highest BCUT2D eigenvalue weighted by atomic mass is 32.2. The van der Waals surface area contributed by atoms with Crippen LogP contribution in [0.15, 0.2) is 164 Å². The summed E-state index contributed by atoms with van der Waals surface area (Å²) in [6, 6.07) is 25.9. The van der Waals surface area contributed by atoms with Crippen molar-refractivity contribution in [2.24, 2.45) is 17.6 Å². The monoisotopic (exact) mass is 1800 g/mol. The number of rotatable bonds is 23. The zero-order chi connectivity index (χ0) is 94.3. The van der Waals surface area contributed by atoms with E-state index >= 15 is 38.4 Å². The average molecular weight is 1800 g/mol. The van der Waals surface area contributed by atoms with Crippen LogP contribution >= 0.6 is 11.8 Å². The summed E-state index contributed by atoms with van der Waals surface area (Å²) in [4.78, 5) is 229. The quantitative estimate of drug-likeness (QED) is 0.0437. The summed E-state index contributed by atoms with van der Waals surface area (Å²) in [5, 5.41) is 66.9. The van der Waals surface area contributed by atoms with Crippen molar-refractivity contribution in [3.8, 4) is 17.2 Å². The SMILES string of the molecule is CCCC[C@H]1C(=O)N(C)CC(=O)N[C@@H](CC(=O)O)CN[C@@H](C(C)C)C(=O)N(C)[C@@H](Cc2ccccc2)C(=O)N[C@@H](Cc2ccc(O)cc2)C(=O)N(C)CC(=O)N[C@@H](Cc2c[nH]c3ccccc23)C(=O)N[C@@H](Cc2ccc(O)cc2)C(=O)N[C@@H](CC(C)C)C(=O)N[C@H](C(=O)NCC(N)=O)CSCC(=O)N[C@@H](Cc2ccccc2)C(=O)N(C)[C@@H](Cc2ccc(O)cc2)C(=O)N1C. The third kappa shape index (κ3) is 31.0. The predicted octanol–water partition coefficient (Wildman–Crippen LogP) is 2.51. The summed E-state index contributed by atoms with van der Waals surface area (Å²) >= 11 is 0.825. The molecule has 1 aromatic heterocycles. The van der Waals surface area contributed by atoms with Gasteiger partial charge < -0.3 is 103 Å². The van der Waals surface area contributed by atoms with Crippen LogP contribution in [0, 0.1) is 11.8 Å². The minimum atomic E-state index is -1.59. The number of phenols is 3. The minimum Gasteiger partial charge on any atom is -0.508 e. The molecule has 1 saturated heterocycles. The molecule has 14 amide bonds. The number of nitrogens with two attached hydrogens (primary N) is 1. The number of aromatic nitrogens is 1. The van der Waals surface area contributed by atoms with Crippen molar-refractivity contribution in [3.05, 3.63) is 197 Å². The molecule has 1 aliphatic heterocycles. The Balaban J connectivity index is 1.21. The van der Waals surface area contributed by atoms with E-state index in [0.717, 1.165) is 26.5 Å². The van der Waals surface area contributed by atoms with Crippen LogP contribution in [0.2, 0.25) is 0 Å². The van der Waals surface area contributed by atoms with Gasteiger partial charge in [-0.1, -0.05) is 163 Å². The Morgan fingerprint density at radius 3 is 1.49 bits per heavy atom. The van der Waals surface area contributed by atoms with Crippen LogP contribution in [0.25, 0.3) is 10.9 Å². The van der Waals surface area contributed by atoms with E-state index in [1.165, 1.54) is 118 Å². The Hall–Kier alpha value is -13.4. The number of phenolic OH excluding ortho intramolecular Hbond substituents is 3. The Kier molecular flexibility index (Phi) is 38.4. The number of primary amides is 1. The number of thioether (sulfide) groups is 1. The fourth-order valence-corrected chi connectivity index (χ4v) is 16.0. The molecular formula is C93H120N16O19S. The van der Waals surface area contributed by atoms with Gasteiger partial charge in [0.05, 0.1) is 43.9 Å². The van der Waals surface area contributed by atoms with E-state index in [4.69, 9.17) is 5.73 Å². The molecule has 692 valence electrons. The van der Waals surface area contributed by atoms with Crippen LogP contribution in [0.3, 0.4) is 0 Å². The van der Waals surface area contributed by atoms with Crippen molar-refractivity contribution < 1.29 is 92.3 Å². The van der Waals surface area contributed by atoms with Gasteiger partial charge >= 0.3 is 5.97 Å². The van der Waals surface area contributed by atoms with E-state index in [1.54, 1.807) is 119 Å². The molecule has 35 nitrogen and oxygen atoms in total. The second-order valence-corrected chi connectivity index (χ2v) is 34.3. The van der Waals surface area contributed by atoms with Gasteiger partial charge in [-0.15, -0.1) is 11.8 Å². The molecule has 0 saturated carbocycles. The molecule has 11 atom stereocenters. The highest BCUT2D eigenvalue weighted by Crippen LogP contribution is 2.25. The number of aromatic amines is 1. The number of benzene rings is 6. The van der Waals surface area contributed by atoms with Crippen molar-refractivity contribution >= 4 is 111 Å². The topological polar surface area (TPSA) is 503 Å². The number of carboxylic acids is 1. The Morgan fingerprint density at radius 1 is 0.481 bits per heavy atom. The number of fused-ring (bicyclic) bond motifs is 1. The third-order valence-corrected chi connectivity index (χ3v) is 23.2. The highest BCUT2D eigenvalue weighted by Gasteiger charge is 2.42. The van der Waals surface area contributed by atoms with Gasteiger partial charge in [-0.05, 0) is 101 Å². The summed E-state index contributed by atoms with van der Waals surface area (Å²) in [5.74, 6) is -15.4. The van der Waals surface area contributed by atoms with Crippen molar-refractivity contribution in [2.75, 3.05) is 72.9 Å². The third-order valence-electron chi connectivity index (χ3n) is 22.2. The van der Waals surface area contributed by atoms with E-state index in [9.17, 15) is 54.0 Å². The van der Waals surface area contributed by atoms with Crippen LogP contribution in [0.4, 0.5) is 0 Å². The number of carbonyl (C=O) groups excluding carboxylic acids is 14. The number of unbranched alkanes of at least 4 members (excludes halogenated alkanes) is 1. The van der Waals surface area contributed by atoms with Crippen LogP contribution in [-0.2, 0) is 110 Å². The van der Waals surface area contributed by atoms with Crippen LogP contribution in [0.5, 0.6) is 17.2 Å². The molecular weight excluding hydrogens is 1680 g/mol. The molecule has 8 rings (SSSR count). The molecule has 1 fully saturated rings. The smallest absolute Gasteiger partial charge is 0.305 e. The molecule has 6 aromatic carbocycles. The van der Waals surface area contributed by atoms with Gasteiger partial charge in [0.1, 0.15) is 71.6 Å². The number of para-hydroxylation sites is 1. The summed E-state index contributed by atoms with van der Waals surface area (Å²) in [7, 11) is 6.71. The van der Waals surface area contributed by atoms with Gasteiger partial charge in [-0.25, -0.2) is 0 Å². The predicted molar refractivity (Wildman–Crippen MR) is 484 cm³/mol. The number of nitrogens with one attached hydrogen (secondary N) is 10. The fourth-order valence-electron chi connectivity index (χ4n) is 15.1. The van der Waals surface area contributed by atoms with Gasteiger partial charge in [0, 0.05) is 103 Å². The normalized spacial score (nSPS) is 22.0. The molecule has 0 unspecified atom stereocenters. The van der Waals surface area contributed by atoms with Gasteiger partial charge in [-0.3, -0.25) is 71.9 Å². The van der Waals surface area contributed by atoms with Gasteiger partial charge in [0.25, 0.3) is 0 Å². The maximum Gasteiger partial charge on any atom is 0.305 e. The highest BCUT2D eigenvalue weighted by molar-refractivity contribution is 8.00. The lowest BCUT2D eigenvalue weighted by Gasteiger charge is -2.37. The number of hydrogen-bond acceptors (Lipinski definition) is 20. The number of amides is 14. The average Bonchev–Trinajstić information content (AvgIpc) is 1.34. The molecule has 16 N–H and O–H groups in total.